The van der Waals surface area contributed by atoms with Crippen molar-refractivity contribution in [3.63, 3.8) is 0 Å². The van der Waals surface area contributed by atoms with Gasteiger partial charge in [0.1, 0.15) is 10.3 Å². The first-order chi connectivity index (χ1) is 8.02. The second kappa shape index (κ2) is 4.45. The highest BCUT2D eigenvalue weighted by Crippen LogP contribution is 2.28. The number of aromatic nitrogens is 2. The van der Waals surface area contributed by atoms with Gasteiger partial charge in [-0.25, -0.2) is 0 Å². The average Bonchev–Trinajstić information content (AvgIpc) is 2.54. The molecule has 3 nitrogen and oxygen atoms in total. The van der Waals surface area contributed by atoms with E-state index in [9.17, 15) is 4.79 Å². The minimum absolute atomic E-state index is 0.595. The summed E-state index contributed by atoms with van der Waals surface area (Å²) in [5.41, 5.74) is 4.63. The Balaban J connectivity index is 2.67. The molecular formula is C13H13BrN2O. The molecule has 0 aliphatic heterocycles. The van der Waals surface area contributed by atoms with Crippen LogP contribution in [0.1, 0.15) is 21.5 Å². The number of carbonyl (C=O) groups is 1. The van der Waals surface area contributed by atoms with Crippen LogP contribution in [0.5, 0.6) is 0 Å². The highest BCUT2D eigenvalue weighted by molar-refractivity contribution is 9.10. The summed E-state index contributed by atoms with van der Waals surface area (Å²) in [5.74, 6) is 0. The largest absolute Gasteiger partial charge is 0.298 e. The summed E-state index contributed by atoms with van der Waals surface area (Å²) >= 11 is 3.36. The van der Waals surface area contributed by atoms with E-state index in [1.165, 1.54) is 11.1 Å². The van der Waals surface area contributed by atoms with E-state index < -0.39 is 0 Å². The fourth-order valence-electron chi connectivity index (χ4n) is 1.95. The SMILES string of the molecule is Cc1cc(C)cc(-c2nn(C)c(Br)c2C=O)c1. The maximum atomic E-state index is 11.1. The number of hydrogen-bond acceptors (Lipinski definition) is 2. The predicted molar refractivity (Wildman–Crippen MR) is 71.2 cm³/mol. The molecule has 0 bridgehead atoms. The lowest BCUT2D eigenvalue weighted by atomic mass is 10.0. The zero-order valence-electron chi connectivity index (χ0n) is 9.99. The number of halogens is 1. The van der Waals surface area contributed by atoms with Gasteiger partial charge in [-0.05, 0) is 41.9 Å². The molecule has 88 valence electrons. The molecule has 0 amide bonds. The highest BCUT2D eigenvalue weighted by Gasteiger charge is 2.15. The summed E-state index contributed by atoms with van der Waals surface area (Å²) in [4.78, 5) is 11.1. The van der Waals surface area contributed by atoms with Gasteiger partial charge in [0.15, 0.2) is 6.29 Å². The number of aldehydes is 1. The van der Waals surface area contributed by atoms with Gasteiger partial charge in [-0.2, -0.15) is 5.10 Å². The maximum Gasteiger partial charge on any atom is 0.155 e. The second-order valence-corrected chi connectivity index (χ2v) is 4.92. The molecule has 0 saturated heterocycles. The Bertz CT molecular complexity index is 567. The molecule has 0 fully saturated rings. The van der Waals surface area contributed by atoms with Crippen molar-refractivity contribution >= 4 is 22.2 Å². The van der Waals surface area contributed by atoms with E-state index in [-0.39, 0.29) is 0 Å². The third-order valence-electron chi connectivity index (χ3n) is 2.62. The van der Waals surface area contributed by atoms with Gasteiger partial charge in [0.25, 0.3) is 0 Å². The van der Waals surface area contributed by atoms with Gasteiger partial charge < -0.3 is 0 Å². The number of aryl methyl sites for hydroxylation is 3. The first-order valence-corrected chi connectivity index (χ1v) is 6.08. The van der Waals surface area contributed by atoms with Crippen molar-refractivity contribution < 1.29 is 4.79 Å². The third-order valence-corrected chi connectivity index (χ3v) is 3.56. The van der Waals surface area contributed by atoms with Crippen LogP contribution in [0.4, 0.5) is 0 Å². The smallest absolute Gasteiger partial charge is 0.155 e. The Labute approximate surface area is 109 Å². The van der Waals surface area contributed by atoms with Crippen LogP contribution >= 0.6 is 15.9 Å². The molecule has 0 atom stereocenters. The van der Waals surface area contributed by atoms with Crippen LogP contribution in [0.25, 0.3) is 11.3 Å². The molecular weight excluding hydrogens is 280 g/mol. The number of carbonyl (C=O) groups excluding carboxylic acids is 1. The standard InChI is InChI=1S/C13H13BrN2O/c1-8-4-9(2)6-10(5-8)12-11(7-17)13(14)16(3)15-12/h4-7H,1-3H3. The Morgan fingerprint density at radius 3 is 2.35 bits per heavy atom. The summed E-state index contributed by atoms with van der Waals surface area (Å²) in [6.07, 6.45) is 0.837. The second-order valence-electron chi connectivity index (χ2n) is 4.17. The summed E-state index contributed by atoms with van der Waals surface area (Å²) in [6.45, 7) is 4.07. The van der Waals surface area contributed by atoms with E-state index in [2.05, 4.69) is 27.1 Å². The number of nitrogens with zero attached hydrogens (tertiary/aromatic N) is 2. The van der Waals surface area contributed by atoms with Gasteiger partial charge in [0.2, 0.25) is 0 Å². The molecule has 1 aromatic carbocycles. The Morgan fingerprint density at radius 1 is 1.24 bits per heavy atom. The molecule has 0 saturated carbocycles. The summed E-state index contributed by atoms with van der Waals surface area (Å²) in [6, 6.07) is 6.17. The summed E-state index contributed by atoms with van der Waals surface area (Å²) < 4.78 is 2.37. The molecule has 0 N–H and O–H groups in total. The van der Waals surface area contributed by atoms with Crippen molar-refractivity contribution in [2.24, 2.45) is 7.05 Å². The van der Waals surface area contributed by atoms with Crippen molar-refractivity contribution in [3.8, 4) is 11.3 Å². The Morgan fingerprint density at radius 2 is 1.82 bits per heavy atom. The monoisotopic (exact) mass is 292 g/mol. The normalized spacial score (nSPS) is 10.6. The van der Waals surface area contributed by atoms with Crippen LogP contribution in [-0.2, 0) is 7.05 Å². The fourth-order valence-corrected chi connectivity index (χ4v) is 2.31. The molecule has 1 aromatic heterocycles. The molecule has 4 heteroatoms. The predicted octanol–water partition coefficient (Wildman–Crippen LogP) is 3.28. The molecule has 1 heterocycles. The lowest BCUT2D eigenvalue weighted by Gasteiger charge is -2.02. The van der Waals surface area contributed by atoms with Crippen molar-refractivity contribution in [2.75, 3.05) is 0 Å². The van der Waals surface area contributed by atoms with E-state index in [1.807, 2.05) is 33.0 Å². The van der Waals surface area contributed by atoms with Crippen molar-refractivity contribution in [1.29, 1.82) is 0 Å². The van der Waals surface area contributed by atoms with Gasteiger partial charge in [-0.3, -0.25) is 9.48 Å². The van der Waals surface area contributed by atoms with Crippen molar-refractivity contribution in [2.45, 2.75) is 13.8 Å². The molecule has 0 aliphatic carbocycles. The average molecular weight is 293 g/mol. The van der Waals surface area contributed by atoms with E-state index >= 15 is 0 Å². The third kappa shape index (κ3) is 2.17. The number of benzene rings is 1. The number of hydrogen-bond donors (Lipinski definition) is 0. The fraction of sp³-hybridized carbons (Fsp3) is 0.231. The van der Waals surface area contributed by atoms with E-state index in [4.69, 9.17) is 0 Å². The lowest BCUT2D eigenvalue weighted by molar-refractivity contribution is 0.112. The van der Waals surface area contributed by atoms with Crippen LogP contribution in [0.15, 0.2) is 22.8 Å². The zero-order chi connectivity index (χ0) is 12.6. The summed E-state index contributed by atoms with van der Waals surface area (Å²) in [5, 5.41) is 4.37. The zero-order valence-corrected chi connectivity index (χ0v) is 11.6. The van der Waals surface area contributed by atoms with Crippen molar-refractivity contribution in [1.82, 2.24) is 9.78 Å². The highest BCUT2D eigenvalue weighted by atomic mass is 79.9. The van der Waals surface area contributed by atoms with Crippen molar-refractivity contribution in [3.05, 3.63) is 39.5 Å². The van der Waals surface area contributed by atoms with Gasteiger partial charge in [0, 0.05) is 12.6 Å². The minimum Gasteiger partial charge on any atom is -0.298 e. The maximum absolute atomic E-state index is 11.1. The minimum atomic E-state index is 0.595. The molecule has 0 aliphatic rings. The van der Waals surface area contributed by atoms with Gasteiger partial charge in [0.05, 0.1) is 5.56 Å². The van der Waals surface area contributed by atoms with E-state index in [1.54, 1.807) is 4.68 Å². The topological polar surface area (TPSA) is 34.9 Å². The first kappa shape index (κ1) is 12.0. The van der Waals surface area contributed by atoms with E-state index in [0.29, 0.717) is 10.2 Å². The van der Waals surface area contributed by atoms with Crippen LogP contribution < -0.4 is 0 Å². The van der Waals surface area contributed by atoms with E-state index in [0.717, 1.165) is 17.5 Å². The molecule has 17 heavy (non-hydrogen) atoms. The quantitative estimate of drug-likeness (QED) is 0.796. The Kier molecular flexibility index (Phi) is 3.15. The molecule has 2 aromatic rings. The van der Waals surface area contributed by atoms with Crippen LogP contribution in [0.2, 0.25) is 0 Å². The Hall–Kier alpha value is -1.42. The van der Waals surface area contributed by atoms with Crippen LogP contribution in [0.3, 0.4) is 0 Å². The first-order valence-electron chi connectivity index (χ1n) is 5.29. The van der Waals surface area contributed by atoms with Gasteiger partial charge in [-0.15, -0.1) is 0 Å². The molecule has 0 radical (unpaired) electrons. The molecule has 0 spiro atoms. The van der Waals surface area contributed by atoms with Crippen LogP contribution in [0, 0.1) is 13.8 Å². The lowest BCUT2D eigenvalue weighted by Crippen LogP contribution is -1.90. The van der Waals surface area contributed by atoms with Gasteiger partial charge in [-0.1, -0.05) is 17.2 Å². The van der Waals surface area contributed by atoms with Crippen LogP contribution in [-0.4, -0.2) is 16.1 Å². The van der Waals surface area contributed by atoms with Gasteiger partial charge >= 0.3 is 0 Å². The number of rotatable bonds is 2. The molecule has 2 rings (SSSR count). The summed E-state index contributed by atoms with van der Waals surface area (Å²) in [7, 11) is 1.81. The molecule has 0 unspecified atom stereocenters.